The van der Waals surface area contributed by atoms with Crippen LogP contribution in [-0.4, -0.2) is 7.05 Å². The normalized spacial score (nSPS) is 10.6. The fraction of sp³-hybridized carbons (Fsp3) is 0.250. The molecule has 0 aliphatic heterocycles. The van der Waals surface area contributed by atoms with E-state index in [4.69, 9.17) is 0 Å². The van der Waals surface area contributed by atoms with Gasteiger partial charge >= 0.3 is 0 Å². The molecular weight excluding hydrogens is 366 g/mol. The summed E-state index contributed by atoms with van der Waals surface area (Å²) < 4.78 is 1.12. The molecule has 0 aliphatic carbocycles. The zero-order valence-electron chi connectivity index (χ0n) is 11.4. The average Bonchev–Trinajstić information content (AvgIpc) is 2.36. The van der Waals surface area contributed by atoms with E-state index >= 15 is 0 Å². The monoisotopic (exact) mass is 381 g/mol. The number of alkyl halides is 1. The van der Waals surface area contributed by atoms with Gasteiger partial charge in [0.05, 0.1) is 5.69 Å². The van der Waals surface area contributed by atoms with Crippen LogP contribution in [0.3, 0.4) is 0 Å². The van der Waals surface area contributed by atoms with Crippen molar-refractivity contribution in [2.24, 2.45) is 0 Å². The van der Waals surface area contributed by atoms with Gasteiger partial charge in [-0.05, 0) is 70.7 Å². The molecule has 0 aromatic heterocycles. The first-order valence-corrected chi connectivity index (χ1v) is 8.09. The highest BCUT2D eigenvalue weighted by molar-refractivity contribution is 9.10. The maximum Gasteiger partial charge on any atom is 0.0552 e. The van der Waals surface area contributed by atoms with Crippen LogP contribution in [0.15, 0.2) is 40.9 Å². The second-order valence-corrected chi connectivity index (χ2v) is 6.24. The van der Waals surface area contributed by atoms with E-state index in [1.807, 2.05) is 0 Å². The van der Waals surface area contributed by atoms with Gasteiger partial charge in [-0.15, -0.1) is 0 Å². The quantitative estimate of drug-likeness (QED) is 0.612. The number of halogens is 2. The molecule has 2 aromatic carbocycles. The first kappa shape index (κ1) is 14.6. The second-order valence-electron chi connectivity index (χ2n) is 4.82. The summed E-state index contributed by atoms with van der Waals surface area (Å²) in [5, 5.41) is 0.874. The smallest absolute Gasteiger partial charge is 0.0552 e. The van der Waals surface area contributed by atoms with Gasteiger partial charge in [0.1, 0.15) is 0 Å². The lowest BCUT2D eigenvalue weighted by Crippen LogP contribution is -2.10. The van der Waals surface area contributed by atoms with Crippen molar-refractivity contribution in [3.05, 3.63) is 57.6 Å². The molecule has 0 radical (unpaired) electrons. The maximum absolute atomic E-state index is 3.66. The highest BCUT2D eigenvalue weighted by Gasteiger charge is 2.09. The summed E-state index contributed by atoms with van der Waals surface area (Å²) in [5.74, 6) is 0. The Morgan fingerprint density at radius 3 is 2.16 bits per heavy atom. The van der Waals surface area contributed by atoms with Gasteiger partial charge in [-0.3, -0.25) is 0 Å². The summed E-state index contributed by atoms with van der Waals surface area (Å²) in [5.41, 5.74) is 6.23. The Labute approximate surface area is 131 Å². The Bertz CT molecular complexity index is 573. The lowest BCUT2D eigenvalue weighted by molar-refractivity contribution is 1.18. The number of hydrogen-bond donors (Lipinski definition) is 0. The molecule has 0 saturated heterocycles. The van der Waals surface area contributed by atoms with E-state index in [9.17, 15) is 0 Å². The van der Waals surface area contributed by atoms with E-state index in [1.54, 1.807) is 0 Å². The SMILES string of the molecule is Cc1cc(C)cc(N(C)c2ccc(CBr)cc2Br)c1. The van der Waals surface area contributed by atoms with Crippen LogP contribution in [-0.2, 0) is 5.33 Å². The number of hydrogen-bond acceptors (Lipinski definition) is 1. The first-order chi connectivity index (χ1) is 9.01. The van der Waals surface area contributed by atoms with Gasteiger partial charge in [-0.1, -0.05) is 28.1 Å². The summed E-state index contributed by atoms with van der Waals surface area (Å²) in [6.45, 7) is 4.26. The van der Waals surface area contributed by atoms with Gasteiger partial charge in [-0.25, -0.2) is 0 Å². The minimum Gasteiger partial charge on any atom is -0.344 e. The zero-order chi connectivity index (χ0) is 14.0. The number of rotatable bonds is 3. The Morgan fingerprint density at radius 1 is 1.00 bits per heavy atom. The fourth-order valence-corrected chi connectivity index (χ4v) is 3.23. The highest BCUT2D eigenvalue weighted by atomic mass is 79.9. The van der Waals surface area contributed by atoms with Crippen molar-refractivity contribution < 1.29 is 0 Å². The molecule has 0 fully saturated rings. The molecule has 1 nitrogen and oxygen atoms in total. The number of anilines is 2. The van der Waals surface area contributed by atoms with E-state index in [2.05, 4.69) is 94.1 Å². The van der Waals surface area contributed by atoms with Crippen LogP contribution < -0.4 is 4.90 Å². The molecule has 2 rings (SSSR count). The second kappa shape index (κ2) is 6.10. The van der Waals surface area contributed by atoms with Crippen LogP contribution in [0.25, 0.3) is 0 Å². The third kappa shape index (κ3) is 3.40. The first-order valence-electron chi connectivity index (χ1n) is 6.17. The van der Waals surface area contributed by atoms with Gasteiger partial charge in [-0.2, -0.15) is 0 Å². The van der Waals surface area contributed by atoms with E-state index < -0.39 is 0 Å². The lowest BCUT2D eigenvalue weighted by atomic mass is 10.1. The van der Waals surface area contributed by atoms with Crippen LogP contribution in [0.4, 0.5) is 11.4 Å². The van der Waals surface area contributed by atoms with Crippen molar-refractivity contribution in [3.8, 4) is 0 Å². The molecule has 0 bridgehead atoms. The Balaban J connectivity index is 2.40. The van der Waals surface area contributed by atoms with Crippen LogP contribution in [0.2, 0.25) is 0 Å². The van der Waals surface area contributed by atoms with Gasteiger partial charge in [0, 0.05) is 22.5 Å². The predicted octanol–water partition coefficient (Wildman–Crippen LogP) is 5.73. The molecule has 0 aliphatic rings. The number of benzene rings is 2. The Kier molecular flexibility index (Phi) is 4.69. The van der Waals surface area contributed by atoms with Crippen molar-refractivity contribution in [1.82, 2.24) is 0 Å². The van der Waals surface area contributed by atoms with E-state index in [1.165, 1.54) is 28.1 Å². The van der Waals surface area contributed by atoms with Gasteiger partial charge in [0.15, 0.2) is 0 Å². The lowest BCUT2D eigenvalue weighted by Gasteiger charge is -2.22. The van der Waals surface area contributed by atoms with Crippen molar-refractivity contribution in [3.63, 3.8) is 0 Å². The predicted molar refractivity (Wildman–Crippen MR) is 90.8 cm³/mol. The molecule has 3 heteroatoms. The summed E-state index contributed by atoms with van der Waals surface area (Å²) in [6, 6.07) is 13.1. The zero-order valence-corrected chi connectivity index (χ0v) is 14.5. The van der Waals surface area contributed by atoms with Gasteiger partial charge in [0.2, 0.25) is 0 Å². The van der Waals surface area contributed by atoms with Crippen LogP contribution in [0.1, 0.15) is 16.7 Å². The maximum atomic E-state index is 3.66. The standard InChI is InChI=1S/C16H17Br2N/c1-11-6-12(2)8-14(7-11)19(3)16-5-4-13(10-17)9-15(16)18/h4-9H,10H2,1-3H3. The molecule has 0 saturated carbocycles. The largest absolute Gasteiger partial charge is 0.344 e. The fourth-order valence-electron chi connectivity index (χ4n) is 2.19. The van der Waals surface area contributed by atoms with Crippen molar-refractivity contribution in [1.29, 1.82) is 0 Å². The summed E-state index contributed by atoms with van der Waals surface area (Å²) >= 11 is 7.14. The molecule has 0 N–H and O–H groups in total. The molecule has 19 heavy (non-hydrogen) atoms. The third-order valence-corrected chi connectivity index (χ3v) is 4.40. The van der Waals surface area contributed by atoms with Gasteiger partial charge < -0.3 is 4.90 Å². The van der Waals surface area contributed by atoms with Crippen molar-refractivity contribution in [2.45, 2.75) is 19.2 Å². The topological polar surface area (TPSA) is 3.24 Å². The van der Waals surface area contributed by atoms with Crippen LogP contribution >= 0.6 is 31.9 Å². The van der Waals surface area contributed by atoms with E-state index in [-0.39, 0.29) is 0 Å². The molecule has 0 atom stereocenters. The summed E-state index contributed by atoms with van der Waals surface area (Å²) in [7, 11) is 2.10. The molecule has 0 unspecified atom stereocenters. The number of aryl methyl sites for hydroxylation is 2. The molecular formula is C16H17Br2N. The Hall–Kier alpha value is -0.800. The van der Waals surface area contributed by atoms with Crippen molar-refractivity contribution >= 4 is 43.2 Å². The van der Waals surface area contributed by atoms with Gasteiger partial charge in [0.25, 0.3) is 0 Å². The Morgan fingerprint density at radius 2 is 1.63 bits per heavy atom. The third-order valence-electron chi connectivity index (χ3n) is 3.12. The number of nitrogens with zero attached hydrogens (tertiary/aromatic N) is 1. The average molecular weight is 383 g/mol. The molecule has 2 aromatic rings. The molecule has 0 amide bonds. The molecule has 100 valence electrons. The summed E-state index contributed by atoms with van der Waals surface area (Å²) in [6.07, 6.45) is 0. The van der Waals surface area contributed by atoms with Crippen LogP contribution in [0, 0.1) is 13.8 Å². The summed E-state index contributed by atoms with van der Waals surface area (Å²) in [4.78, 5) is 2.21. The highest BCUT2D eigenvalue weighted by Crippen LogP contribution is 2.32. The van der Waals surface area contributed by atoms with Crippen LogP contribution in [0.5, 0.6) is 0 Å². The van der Waals surface area contributed by atoms with Crippen molar-refractivity contribution in [2.75, 3.05) is 11.9 Å². The minimum atomic E-state index is 0.874. The van der Waals surface area contributed by atoms with E-state index in [0.29, 0.717) is 0 Å². The minimum absolute atomic E-state index is 0.874. The van der Waals surface area contributed by atoms with E-state index in [0.717, 1.165) is 9.80 Å². The molecule has 0 heterocycles. The molecule has 0 spiro atoms.